The van der Waals surface area contributed by atoms with Crippen LogP contribution in [0.25, 0.3) is 0 Å². The number of furan rings is 1. The van der Waals surface area contributed by atoms with E-state index in [1.165, 1.54) is 22.5 Å². The molecule has 3 aromatic rings. The second kappa shape index (κ2) is 4.27. The van der Waals surface area contributed by atoms with Crippen molar-refractivity contribution >= 4 is 11.4 Å². The van der Waals surface area contributed by atoms with Crippen LogP contribution in [0.2, 0.25) is 0 Å². The van der Waals surface area contributed by atoms with Crippen LogP contribution in [-0.4, -0.2) is 7.05 Å². The molecule has 0 N–H and O–H groups in total. The first-order valence-corrected chi connectivity index (χ1v) is 6.81. The van der Waals surface area contributed by atoms with Gasteiger partial charge in [0.25, 0.3) is 0 Å². The van der Waals surface area contributed by atoms with Crippen molar-refractivity contribution in [3.63, 3.8) is 0 Å². The van der Waals surface area contributed by atoms with Crippen LogP contribution < -0.4 is 4.90 Å². The van der Waals surface area contributed by atoms with Crippen LogP contribution in [0.5, 0.6) is 0 Å². The maximum absolute atomic E-state index is 5.70. The zero-order valence-electron chi connectivity index (χ0n) is 11.3. The van der Waals surface area contributed by atoms with Gasteiger partial charge in [0.05, 0.1) is 12.2 Å². The minimum Gasteiger partial charge on any atom is -0.468 e. The third kappa shape index (κ3) is 1.51. The molecule has 0 saturated heterocycles. The SMILES string of the molecule is CN1c2ccccc2C(c2ccco2)c2ccccc21. The van der Waals surface area contributed by atoms with Gasteiger partial charge < -0.3 is 9.32 Å². The molecule has 20 heavy (non-hydrogen) atoms. The molecule has 0 aliphatic carbocycles. The Hall–Kier alpha value is -2.48. The molecule has 1 aliphatic heterocycles. The first-order valence-electron chi connectivity index (χ1n) is 6.81. The van der Waals surface area contributed by atoms with Crippen LogP contribution in [0.4, 0.5) is 11.4 Å². The Bertz CT molecular complexity index is 698. The molecule has 0 atom stereocenters. The highest BCUT2D eigenvalue weighted by atomic mass is 16.3. The van der Waals surface area contributed by atoms with Gasteiger partial charge in [0.15, 0.2) is 0 Å². The van der Waals surface area contributed by atoms with Gasteiger partial charge in [-0.2, -0.15) is 0 Å². The molecule has 2 nitrogen and oxygen atoms in total. The molecular weight excluding hydrogens is 246 g/mol. The fourth-order valence-corrected chi connectivity index (χ4v) is 3.13. The number of anilines is 2. The summed E-state index contributed by atoms with van der Waals surface area (Å²) < 4.78 is 5.70. The number of hydrogen-bond acceptors (Lipinski definition) is 2. The summed E-state index contributed by atoms with van der Waals surface area (Å²) in [6.45, 7) is 0. The Labute approximate surface area is 118 Å². The van der Waals surface area contributed by atoms with Crippen LogP contribution in [0.1, 0.15) is 22.8 Å². The summed E-state index contributed by atoms with van der Waals surface area (Å²) in [5.41, 5.74) is 5.08. The highest BCUT2D eigenvalue weighted by molar-refractivity contribution is 5.76. The van der Waals surface area contributed by atoms with Crippen molar-refractivity contribution in [1.82, 2.24) is 0 Å². The summed E-state index contributed by atoms with van der Waals surface area (Å²) in [4.78, 5) is 2.25. The smallest absolute Gasteiger partial charge is 0.115 e. The van der Waals surface area contributed by atoms with E-state index in [2.05, 4.69) is 66.5 Å². The fraction of sp³-hybridized carbons (Fsp3) is 0.111. The van der Waals surface area contributed by atoms with E-state index in [1.807, 2.05) is 6.07 Å². The zero-order valence-corrected chi connectivity index (χ0v) is 11.3. The van der Waals surface area contributed by atoms with Crippen LogP contribution in [0.3, 0.4) is 0 Å². The summed E-state index contributed by atoms with van der Waals surface area (Å²) in [5.74, 6) is 1.17. The second-order valence-corrected chi connectivity index (χ2v) is 5.13. The quantitative estimate of drug-likeness (QED) is 0.639. The average molecular weight is 261 g/mol. The van der Waals surface area contributed by atoms with Gasteiger partial charge in [-0.1, -0.05) is 36.4 Å². The first-order chi connectivity index (χ1) is 9.86. The monoisotopic (exact) mass is 261 g/mol. The van der Waals surface area contributed by atoms with Crippen LogP contribution >= 0.6 is 0 Å². The number of hydrogen-bond donors (Lipinski definition) is 0. The lowest BCUT2D eigenvalue weighted by molar-refractivity contribution is 0.502. The number of para-hydroxylation sites is 2. The van der Waals surface area contributed by atoms with Crippen molar-refractivity contribution in [2.75, 3.05) is 11.9 Å². The molecule has 1 aromatic heterocycles. The summed E-state index contributed by atoms with van der Waals surface area (Å²) in [6.07, 6.45) is 1.75. The maximum atomic E-state index is 5.70. The summed E-state index contributed by atoms with van der Waals surface area (Å²) in [7, 11) is 2.12. The lowest BCUT2D eigenvalue weighted by Crippen LogP contribution is -2.21. The normalized spacial score (nSPS) is 13.9. The van der Waals surface area contributed by atoms with Gasteiger partial charge in [-0.3, -0.25) is 0 Å². The van der Waals surface area contributed by atoms with Crippen molar-refractivity contribution in [2.24, 2.45) is 0 Å². The van der Waals surface area contributed by atoms with Crippen molar-refractivity contribution in [3.8, 4) is 0 Å². The van der Waals surface area contributed by atoms with Gasteiger partial charge in [0.1, 0.15) is 5.76 Å². The highest BCUT2D eigenvalue weighted by Gasteiger charge is 2.30. The third-order valence-corrected chi connectivity index (χ3v) is 4.05. The Morgan fingerprint density at radius 1 is 0.800 bits per heavy atom. The summed E-state index contributed by atoms with van der Waals surface area (Å²) >= 11 is 0. The maximum Gasteiger partial charge on any atom is 0.115 e. The van der Waals surface area contributed by atoms with Crippen LogP contribution in [-0.2, 0) is 0 Å². The Morgan fingerprint density at radius 3 is 1.95 bits per heavy atom. The average Bonchev–Trinajstić information content (AvgIpc) is 3.02. The van der Waals surface area contributed by atoms with E-state index >= 15 is 0 Å². The Balaban J connectivity index is 2.02. The van der Waals surface area contributed by atoms with Crippen molar-refractivity contribution < 1.29 is 4.42 Å². The molecule has 0 spiro atoms. The molecule has 2 aromatic carbocycles. The molecule has 4 rings (SSSR count). The third-order valence-electron chi connectivity index (χ3n) is 4.05. The molecule has 2 heteroatoms. The van der Waals surface area contributed by atoms with Gasteiger partial charge in [0.2, 0.25) is 0 Å². The first kappa shape index (κ1) is 11.4. The van der Waals surface area contributed by atoms with Crippen molar-refractivity contribution in [1.29, 1.82) is 0 Å². The van der Waals surface area contributed by atoms with Crippen LogP contribution in [0, 0.1) is 0 Å². The predicted octanol–water partition coefficient (Wildman–Crippen LogP) is 4.54. The molecule has 2 heterocycles. The predicted molar refractivity (Wildman–Crippen MR) is 80.6 cm³/mol. The van der Waals surface area contributed by atoms with E-state index in [-0.39, 0.29) is 5.92 Å². The minimum atomic E-state index is 0.175. The number of benzene rings is 2. The van der Waals surface area contributed by atoms with Crippen molar-refractivity contribution in [3.05, 3.63) is 83.8 Å². The van der Waals surface area contributed by atoms with E-state index in [1.54, 1.807) is 6.26 Å². The van der Waals surface area contributed by atoms with E-state index in [0.717, 1.165) is 5.76 Å². The molecule has 0 saturated carbocycles. The number of rotatable bonds is 1. The molecule has 0 unspecified atom stereocenters. The molecule has 0 bridgehead atoms. The van der Waals surface area contributed by atoms with Gasteiger partial charge in [0, 0.05) is 18.4 Å². The topological polar surface area (TPSA) is 16.4 Å². The van der Waals surface area contributed by atoms with Gasteiger partial charge in [-0.15, -0.1) is 0 Å². The van der Waals surface area contributed by atoms with E-state index in [4.69, 9.17) is 4.42 Å². The molecule has 0 amide bonds. The van der Waals surface area contributed by atoms with Gasteiger partial charge in [-0.25, -0.2) is 0 Å². The highest BCUT2D eigenvalue weighted by Crippen LogP contribution is 2.47. The van der Waals surface area contributed by atoms with Crippen LogP contribution in [0.15, 0.2) is 71.3 Å². The molecule has 98 valence electrons. The summed E-state index contributed by atoms with van der Waals surface area (Å²) in [5, 5.41) is 0. The van der Waals surface area contributed by atoms with Crippen molar-refractivity contribution in [2.45, 2.75) is 5.92 Å². The Morgan fingerprint density at radius 2 is 1.40 bits per heavy atom. The van der Waals surface area contributed by atoms with E-state index in [9.17, 15) is 0 Å². The molecule has 1 aliphatic rings. The molecule has 0 radical (unpaired) electrons. The largest absolute Gasteiger partial charge is 0.468 e. The zero-order chi connectivity index (χ0) is 13.5. The molecular formula is C18H15NO. The van der Waals surface area contributed by atoms with Gasteiger partial charge in [-0.05, 0) is 35.4 Å². The number of nitrogens with zero attached hydrogens (tertiary/aromatic N) is 1. The Kier molecular flexibility index (Phi) is 2.43. The van der Waals surface area contributed by atoms with Gasteiger partial charge >= 0.3 is 0 Å². The summed E-state index contributed by atoms with van der Waals surface area (Å²) in [6, 6.07) is 21.1. The number of fused-ring (bicyclic) bond motifs is 2. The van der Waals surface area contributed by atoms with E-state index in [0.29, 0.717) is 0 Å². The lowest BCUT2D eigenvalue weighted by atomic mass is 9.83. The van der Waals surface area contributed by atoms with E-state index < -0.39 is 0 Å². The standard InChI is InChI=1S/C18H15NO/c1-19-15-9-4-2-7-13(15)18(17-11-6-12-20-17)14-8-3-5-10-16(14)19/h2-12,18H,1H3. The lowest BCUT2D eigenvalue weighted by Gasteiger charge is -2.34. The molecule has 0 fully saturated rings. The fourth-order valence-electron chi connectivity index (χ4n) is 3.13. The second-order valence-electron chi connectivity index (χ2n) is 5.13. The minimum absolute atomic E-state index is 0.175.